The van der Waals surface area contributed by atoms with E-state index in [0.29, 0.717) is 11.3 Å². The number of fused-ring (bicyclic) bond motifs is 1. The maximum atomic E-state index is 11.4. The van der Waals surface area contributed by atoms with Gasteiger partial charge in [0, 0.05) is 5.56 Å². The second-order valence-electron chi connectivity index (χ2n) is 3.27. The minimum Gasteiger partial charge on any atom is -0.475 e. The summed E-state index contributed by atoms with van der Waals surface area (Å²) in [6.45, 7) is 1.99. The lowest BCUT2D eigenvalue weighted by Crippen LogP contribution is -2.30. The summed E-state index contributed by atoms with van der Waals surface area (Å²) in [6.07, 6.45) is -1.86. The molecule has 0 bridgehead atoms. The molecule has 2 unspecified atom stereocenters. The van der Waals surface area contributed by atoms with Crippen molar-refractivity contribution < 1.29 is 19.4 Å². The number of benzene rings is 1. The summed E-state index contributed by atoms with van der Waals surface area (Å²) in [4.78, 5) is 11.4. The van der Waals surface area contributed by atoms with E-state index in [1.807, 2.05) is 0 Å². The van der Waals surface area contributed by atoms with Crippen molar-refractivity contribution in [2.75, 3.05) is 6.61 Å². The fourth-order valence-corrected chi connectivity index (χ4v) is 1.60. The number of carbonyl (C=O) groups excluding carboxylic acids is 1. The molecule has 1 aliphatic heterocycles. The van der Waals surface area contributed by atoms with Crippen molar-refractivity contribution in [3.05, 3.63) is 29.8 Å². The molecule has 1 N–H and O–H groups in total. The quantitative estimate of drug-likeness (QED) is 0.738. The van der Waals surface area contributed by atoms with Crippen LogP contribution in [0.15, 0.2) is 24.3 Å². The first-order chi connectivity index (χ1) is 7.24. The van der Waals surface area contributed by atoms with E-state index < -0.39 is 18.2 Å². The normalized spacial score (nSPS) is 23.1. The number of para-hydroxylation sites is 1. The highest BCUT2D eigenvalue weighted by Crippen LogP contribution is 2.36. The van der Waals surface area contributed by atoms with Crippen molar-refractivity contribution >= 4 is 5.97 Å². The van der Waals surface area contributed by atoms with Gasteiger partial charge in [-0.15, -0.1) is 0 Å². The van der Waals surface area contributed by atoms with Crippen LogP contribution in [0.1, 0.15) is 18.6 Å². The first kappa shape index (κ1) is 9.98. The molecule has 2 atom stereocenters. The lowest BCUT2D eigenvalue weighted by molar-refractivity contribution is -0.155. The number of rotatable bonds is 2. The van der Waals surface area contributed by atoms with Crippen LogP contribution in [0, 0.1) is 0 Å². The molecule has 0 saturated heterocycles. The Morgan fingerprint density at radius 2 is 2.27 bits per heavy atom. The van der Waals surface area contributed by atoms with Gasteiger partial charge in [0.05, 0.1) is 6.61 Å². The maximum absolute atomic E-state index is 11.4. The van der Waals surface area contributed by atoms with Crippen LogP contribution in [-0.4, -0.2) is 23.8 Å². The van der Waals surface area contributed by atoms with Crippen LogP contribution in [0.25, 0.3) is 0 Å². The smallest absolute Gasteiger partial charge is 0.350 e. The van der Waals surface area contributed by atoms with Gasteiger partial charge >= 0.3 is 5.97 Å². The lowest BCUT2D eigenvalue weighted by Gasteiger charge is -2.12. The van der Waals surface area contributed by atoms with E-state index in [9.17, 15) is 9.90 Å². The maximum Gasteiger partial charge on any atom is 0.350 e. The van der Waals surface area contributed by atoms with Gasteiger partial charge in [0.2, 0.25) is 6.10 Å². The predicted octanol–water partition coefficient (Wildman–Crippen LogP) is 1.04. The molecule has 4 nitrogen and oxygen atoms in total. The van der Waals surface area contributed by atoms with Crippen molar-refractivity contribution in [3.8, 4) is 5.75 Å². The Bertz CT molecular complexity index is 375. The second kappa shape index (κ2) is 3.90. The fraction of sp³-hybridized carbons (Fsp3) is 0.364. The van der Waals surface area contributed by atoms with E-state index in [0.717, 1.165) is 0 Å². The molecule has 15 heavy (non-hydrogen) atoms. The SMILES string of the molecule is CCOC(=O)C1Oc2ccccc2C1O. The van der Waals surface area contributed by atoms with Gasteiger partial charge in [-0.25, -0.2) is 4.79 Å². The standard InChI is InChI=1S/C11H12O4/c1-2-14-11(13)10-9(12)7-5-3-4-6-8(7)15-10/h3-6,9-10,12H,2H2,1H3. The highest BCUT2D eigenvalue weighted by Gasteiger charge is 2.38. The van der Waals surface area contributed by atoms with Crippen LogP contribution in [0.5, 0.6) is 5.75 Å². The second-order valence-corrected chi connectivity index (χ2v) is 3.27. The molecular formula is C11H12O4. The zero-order valence-electron chi connectivity index (χ0n) is 8.34. The number of esters is 1. The van der Waals surface area contributed by atoms with E-state index in [2.05, 4.69) is 0 Å². The van der Waals surface area contributed by atoms with Gasteiger partial charge in [-0.2, -0.15) is 0 Å². The summed E-state index contributed by atoms with van der Waals surface area (Å²) in [7, 11) is 0. The summed E-state index contributed by atoms with van der Waals surface area (Å²) in [5.74, 6) is 0.0178. The minimum atomic E-state index is -0.930. The molecule has 0 amide bonds. The van der Waals surface area contributed by atoms with Gasteiger partial charge in [-0.1, -0.05) is 18.2 Å². The molecule has 0 aliphatic carbocycles. The molecule has 0 radical (unpaired) electrons. The average Bonchev–Trinajstić information content (AvgIpc) is 2.57. The molecule has 80 valence electrons. The number of ether oxygens (including phenoxy) is 2. The van der Waals surface area contributed by atoms with E-state index in [-0.39, 0.29) is 6.61 Å². The Hall–Kier alpha value is -1.55. The molecule has 1 aromatic rings. The molecule has 1 aromatic carbocycles. The van der Waals surface area contributed by atoms with Gasteiger partial charge in [-0.05, 0) is 13.0 Å². The Balaban J connectivity index is 2.19. The number of aliphatic hydroxyl groups is 1. The third-order valence-electron chi connectivity index (χ3n) is 2.30. The summed E-state index contributed by atoms with van der Waals surface area (Å²) >= 11 is 0. The Kier molecular flexibility index (Phi) is 2.60. The summed E-state index contributed by atoms with van der Waals surface area (Å²) in [5.41, 5.74) is 0.635. The van der Waals surface area contributed by atoms with Gasteiger partial charge in [0.15, 0.2) is 0 Å². The predicted molar refractivity (Wildman–Crippen MR) is 52.5 cm³/mol. The molecule has 1 aliphatic rings. The summed E-state index contributed by atoms with van der Waals surface area (Å²) in [6, 6.07) is 7.04. The fourth-order valence-electron chi connectivity index (χ4n) is 1.60. The van der Waals surface area contributed by atoms with Crippen LogP contribution in [0.2, 0.25) is 0 Å². The third-order valence-corrected chi connectivity index (χ3v) is 2.30. The van der Waals surface area contributed by atoms with Crippen molar-refractivity contribution in [1.29, 1.82) is 0 Å². The van der Waals surface area contributed by atoms with Crippen molar-refractivity contribution in [3.63, 3.8) is 0 Å². The van der Waals surface area contributed by atoms with Crippen molar-refractivity contribution in [2.45, 2.75) is 19.1 Å². The average molecular weight is 208 g/mol. The monoisotopic (exact) mass is 208 g/mol. The van der Waals surface area contributed by atoms with Crippen LogP contribution in [-0.2, 0) is 9.53 Å². The molecule has 0 saturated carbocycles. The van der Waals surface area contributed by atoms with Crippen LogP contribution >= 0.6 is 0 Å². The number of carbonyl (C=O) groups is 1. The molecule has 0 spiro atoms. The van der Waals surface area contributed by atoms with Gasteiger partial charge in [0.25, 0.3) is 0 Å². The van der Waals surface area contributed by atoms with E-state index in [1.54, 1.807) is 31.2 Å². The first-order valence-electron chi connectivity index (χ1n) is 4.84. The Morgan fingerprint density at radius 3 is 2.93 bits per heavy atom. The lowest BCUT2D eigenvalue weighted by atomic mass is 10.1. The molecule has 4 heteroatoms. The van der Waals surface area contributed by atoms with Gasteiger partial charge in [-0.3, -0.25) is 0 Å². The van der Waals surface area contributed by atoms with Crippen LogP contribution < -0.4 is 4.74 Å². The van der Waals surface area contributed by atoms with E-state index in [4.69, 9.17) is 9.47 Å². The Labute approximate surface area is 87.4 Å². The van der Waals surface area contributed by atoms with E-state index in [1.165, 1.54) is 0 Å². The largest absolute Gasteiger partial charge is 0.475 e. The molecular weight excluding hydrogens is 196 g/mol. The summed E-state index contributed by atoms with van der Waals surface area (Å²) in [5, 5.41) is 9.81. The highest BCUT2D eigenvalue weighted by molar-refractivity contribution is 5.77. The van der Waals surface area contributed by atoms with Gasteiger partial charge in [0.1, 0.15) is 11.9 Å². The van der Waals surface area contributed by atoms with E-state index >= 15 is 0 Å². The van der Waals surface area contributed by atoms with Crippen LogP contribution in [0.4, 0.5) is 0 Å². The van der Waals surface area contributed by atoms with Crippen LogP contribution in [0.3, 0.4) is 0 Å². The topological polar surface area (TPSA) is 55.8 Å². The zero-order chi connectivity index (χ0) is 10.8. The number of aliphatic hydroxyl groups excluding tert-OH is 1. The minimum absolute atomic E-state index is 0.280. The van der Waals surface area contributed by atoms with Gasteiger partial charge < -0.3 is 14.6 Å². The van der Waals surface area contributed by atoms with Crippen molar-refractivity contribution in [2.24, 2.45) is 0 Å². The molecule has 2 rings (SSSR count). The first-order valence-corrected chi connectivity index (χ1v) is 4.84. The zero-order valence-corrected chi connectivity index (χ0v) is 8.34. The Morgan fingerprint density at radius 1 is 1.53 bits per heavy atom. The highest BCUT2D eigenvalue weighted by atomic mass is 16.6. The molecule has 1 heterocycles. The van der Waals surface area contributed by atoms with Crippen molar-refractivity contribution in [1.82, 2.24) is 0 Å². The number of hydrogen-bond donors (Lipinski definition) is 1. The number of hydrogen-bond acceptors (Lipinski definition) is 4. The molecule has 0 aromatic heterocycles. The molecule has 0 fully saturated rings. The summed E-state index contributed by atoms with van der Waals surface area (Å²) < 4.78 is 10.1. The third kappa shape index (κ3) is 1.68.